The van der Waals surface area contributed by atoms with Gasteiger partial charge in [-0.25, -0.2) is 0 Å². The van der Waals surface area contributed by atoms with Crippen molar-refractivity contribution in [2.45, 2.75) is 39.2 Å². The van der Waals surface area contributed by atoms with Gasteiger partial charge in [-0.15, -0.1) is 0 Å². The van der Waals surface area contributed by atoms with E-state index in [-0.39, 0.29) is 11.8 Å². The first-order valence-corrected chi connectivity index (χ1v) is 4.62. The van der Waals surface area contributed by atoms with Crippen molar-refractivity contribution < 1.29 is 4.79 Å². The first kappa shape index (κ1) is 12.1. The van der Waals surface area contributed by atoms with Crippen molar-refractivity contribution >= 4 is 11.6 Å². The van der Waals surface area contributed by atoms with Crippen LogP contribution in [0.15, 0.2) is 4.99 Å². The number of rotatable bonds is 6. The Morgan fingerprint density at radius 3 is 2.62 bits per heavy atom. The number of Topliss-reactive ketones (excluding diaryl/α,β-unsaturated/α-hetero) is 1. The molecule has 0 amide bonds. The van der Waals surface area contributed by atoms with Gasteiger partial charge in [0.1, 0.15) is 5.78 Å². The molecule has 0 aliphatic heterocycles. The van der Waals surface area contributed by atoms with Crippen molar-refractivity contribution in [1.82, 2.24) is 0 Å². The van der Waals surface area contributed by atoms with Crippen LogP contribution >= 0.6 is 0 Å². The van der Waals surface area contributed by atoms with Gasteiger partial charge in [0, 0.05) is 13.0 Å². The van der Waals surface area contributed by atoms with E-state index >= 15 is 0 Å². The molecule has 0 radical (unpaired) electrons. The molecule has 1 atom stereocenters. The third-order valence-corrected chi connectivity index (χ3v) is 1.80. The van der Waals surface area contributed by atoms with E-state index < -0.39 is 0 Å². The van der Waals surface area contributed by atoms with Crippen LogP contribution in [-0.2, 0) is 4.79 Å². The molecule has 76 valence electrons. The first-order chi connectivity index (χ1) is 6.07. The maximum absolute atomic E-state index is 11.1. The number of aliphatic imine (C=N–C) groups is 1. The van der Waals surface area contributed by atoms with Crippen LogP contribution in [0.5, 0.6) is 0 Å². The van der Waals surface area contributed by atoms with Crippen LogP contribution in [0.1, 0.15) is 33.1 Å². The number of hydrogen-bond acceptors (Lipinski definition) is 3. The fourth-order valence-corrected chi connectivity index (χ4v) is 0.990. The summed E-state index contributed by atoms with van der Waals surface area (Å²) in [7, 11) is 0. The van der Waals surface area contributed by atoms with E-state index in [1.165, 1.54) is 0 Å². The lowest BCUT2D eigenvalue weighted by molar-refractivity contribution is -0.120. The number of hydrogen-bond donors (Lipinski definition) is 2. The van der Waals surface area contributed by atoms with E-state index in [0.29, 0.717) is 25.2 Å². The van der Waals surface area contributed by atoms with Crippen LogP contribution in [0.25, 0.3) is 0 Å². The van der Waals surface area contributed by atoms with Gasteiger partial charge in [0.25, 0.3) is 0 Å². The molecule has 0 aliphatic rings. The zero-order valence-corrected chi connectivity index (χ0v) is 8.42. The molecule has 0 rings (SSSR count). The number of ketones is 1. The van der Waals surface area contributed by atoms with Gasteiger partial charge in [-0.2, -0.15) is 0 Å². The topological polar surface area (TPSA) is 81.5 Å². The summed E-state index contributed by atoms with van der Waals surface area (Å²) in [6, 6.07) is -0.321. The van der Waals surface area contributed by atoms with Crippen LogP contribution in [0.4, 0.5) is 0 Å². The molecule has 4 N–H and O–H groups in total. The van der Waals surface area contributed by atoms with Crippen LogP contribution in [-0.4, -0.2) is 24.2 Å². The second-order valence-corrected chi connectivity index (χ2v) is 3.09. The van der Waals surface area contributed by atoms with Gasteiger partial charge in [-0.3, -0.25) is 9.79 Å². The summed E-state index contributed by atoms with van der Waals surface area (Å²) >= 11 is 0. The van der Waals surface area contributed by atoms with E-state index in [1.807, 2.05) is 6.92 Å². The Kier molecular flexibility index (Phi) is 6.14. The standard InChI is InChI=1S/C9H19N3O/c1-3-9(13)8(11)5-4-6-12-7(2)10/h8H,3-6,11H2,1-2H3,(H2,10,12)/t8-/m0/s1. The SMILES string of the molecule is CCC(=O)[C@@H](N)CCCN=C(C)N. The van der Waals surface area contributed by atoms with Crippen molar-refractivity contribution in [2.75, 3.05) is 6.54 Å². The summed E-state index contributed by atoms with van der Waals surface area (Å²) in [5, 5.41) is 0. The summed E-state index contributed by atoms with van der Waals surface area (Å²) in [4.78, 5) is 15.1. The molecule has 4 nitrogen and oxygen atoms in total. The molecule has 4 heteroatoms. The summed E-state index contributed by atoms with van der Waals surface area (Å²) in [5.41, 5.74) is 11.0. The van der Waals surface area contributed by atoms with Crippen molar-refractivity contribution in [2.24, 2.45) is 16.5 Å². The van der Waals surface area contributed by atoms with E-state index in [4.69, 9.17) is 11.5 Å². The van der Waals surface area contributed by atoms with Gasteiger partial charge in [-0.05, 0) is 19.8 Å². The van der Waals surface area contributed by atoms with Gasteiger partial charge in [0.2, 0.25) is 0 Å². The molecule has 0 aromatic carbocycles. The summed E-state index contributed by atoms with van der Waals surface area (Å²) in [6.45, 7) is 4.23. The highest BCUT2D eigenvalue weighted by Gasteiger charge is 2.09. The maximum Gasteiger partial charge on any atom is 0.149 e. The number of nitrogens with two attached hydrogens (primary N) is 2. The molecule has 0 saturated carbocycles. The lowest BCUT2D eigenvalue weighted by Crippen LogP contribution is -2.29. The largest absolute Gasteiger partial charge is 0.388 e. The molecular weight excluding hydrogens is 166 g/mol. The van der Waals surface area contributed by atoms with Crippen molar-refractivity contribution in [3.63, 3.8) is 0 Å². The highest BCUT2D eigenvalue weighted by molar-refractivity contribution is 5.83. The fourth-order valence-electron chi connectivity index (χ4n) is 0.990. The Morgan fingerprint density at radius 2 is 2.15 bits per heavy atom. The summed E-state index contributed by atoms with van der Waals surface area (Å²) < 4.78 is 0. The minimum atomic E-state index is -0.321. The van der Waals surface area contributed by atoms with Gasteiger partial charge < -0.3 is 11.5 Å². The Bertz CT molecular complexity index is 185. The van der Waals surface area contributed by atoms with Gasteiger partial charge in [-0.1, -0.05) is 6.92 Å². The third kappa shape index (κ3) is 6.28. The zero-order chi connectivity index (χ0) is 10.3. The molecule has 13 heavy (non-hydrogen) atoms. The Balaban J connectivity index is 3.53. The average Bonchev–Trinajstić information content (AvgIpc) is 2.10. The molecule has 0 unspecified atom stereocenters. The Labute approximate surface area is 79.4 Å². The van der Waals surface area contributed by atoms with Gasteiger partial charge in [0.05, 0.1) is 11.9 Å². The molecule has 0 saturated heterocycles. The van der Waals surface area contributed by atoms with Crippen molar-refractivity contribution in [3.05, 3.63) is 0 Å². The van der Waals surface area contributed by atoms with Crippen LogP contribution in [0, 0.1) is 0 Å². The minimum Gasteiger partial charge on any atom is -0.388 e. The predicted molar refractivity (Wildman–Crippen MR) is 54.7 cm³/mol. The van der Waals surface area contributed by atoms with E-state index in [9.17, 15) is 4.79 Å². The van der Waals surface area contributed by atoms with Crippen LogP contribution < -0.4 is 11.5 Å². The molecule has 0 bridgehead atoms. The molecule has 0 spiro atoms. The van der Waals surface area contributed by atoms with Crippen LogP contribution in [0.3, 0.4) is 0 Å². The first-order valence-electron chi connectivity index (χ1n) is 4.62. The van der Waals surface area contributed by atoms with Crippen LogP contribution in [0.2, 0.25) is 0 Å². The summed E-state index contributed by atoms with van der Waals surface area (Å²) in [5.74, 6) is 0.698. The fraction of sp³-hybridized carbons (Fsp3) is 0.778. The highest BCUT2D eigenvalue weighted by atomic mass is 16.1. The summed E-state index contributed by atoms with van der Waals surface area (Å²) in [6.07, 6.45) is 2.03. The number of carbonyl (C=O) groups excluding carboxylic acids is 1. The number of amidine groups is 1. The molecular formula is C9H19N3O. The van der Waals surface area contributed by atoms with Crippen molar-refractivity contribution in [3.8, 4) is 0 Å². The quantitative estimate of drug-likeness (QED) is 0.358. The molecule has 0 aromatic rings. The maximum atomic E-state index is 11.1. The minimum absolute atomic E-state index is 0.119. The highest BCUT2D eigenvalue weighted by Crippen LogP contribution is 1.98. The third-order valence-electron chi connectivity index (χ3n) is 1.80. The van der Waals surface area contributed by atoms with Crippen molar-refractivity contribution in [1.29, 1.82) is 0 Å². The number of nitrogens with zero attached hydrogens (tertiary/aromatic N) is 1. The lowest BCUT2D eigenvalue weighted by Gasteiger charge is -2.07. The molecule has 0 fully saturated rings. The predicted octanol–water partition coefficient (Wildman–Crippen LogP) is 0.450. The van der Waals surface area contributed by atoms with E-state index in [1.54, 1.807) is 6.92 Å². The molecule has 0 aromatic heterocycles. The smallest absolute Gasteiger partial charge is 0.149 e. The zero-order valence-electron chi connectivity index (χ0n) is 8.42. The van der Waals surface area contributed by atoms with Gasteiger partial charge >= 0.3 is 0 Å². The molecule has 0 aliphatic carbocycles. The lowest BCUT2D eigenvalue weighted by atomic mass is 10.1. The second-order valence-electron chi connectivity index (χ2n) is 3.09. The average molecular weight is 185 g/mol. The van der Waals surface area contributed by atoms with E-state index in [0.717, 1.165) is 6.42 Å². The Morgan fingerprint density at radius 1 is 1.54 bits per heavy atom. The Hall–Kier alpha value is -0.900. The monoisotopic (exact) mass is 185 g/mol. The number of carbonyl (C=O) groups is 1. The van der Waals surface area contributed by atoms with Gasteiger partial charge in [0.15, 0.2) is 0 Å². The normalized spacial score (nSPS) is 14.2. The second kappa shape index (κ2) is 6.60. The van der Waals surface area contributed by atoms with E-state index in [2.05, 4.69) is 4.99 Å². The molecule has 0 heterocycles.